The Labute approximate surface area is 181 Å². The summed E-state index contributed by atoms with van der Waals surface area (Å²) in [5, 5.41) is 0. The van der Waals surface area contributed by atoms with Crippen molar-refractivity contribution < 1.29 is 41.4 Å². The Balaban J connectivity index is 2.47. The Hall–Kier alpha value is -0.904. The Bertz CT molecular complexity index is 1280. The number of ether oxygens (including phenoxy) is 2. The van der Waals surface area contributed by atoms with Crippen LogP contribution in [0.4, 0.5) is 0 Å². The fourth-order valence-electron chi connectivity index (χ4n) is 2.92. The Morgan fingerprint density at radius 1 is 0.633 bits per heavy atom. The van der Waals surface area contributed by atoms with Gasteiger partial charge in [0.2, 0.25) is 0 Å². The topological polar surface area (TPSA) is 161 Å². The minimum absolute atomic E-state index is 0.155. The standard InChI is InChI=1S/C12H6O8S2.4CH3.2O.2Sb/c13-21(14,15)9-5-1-3-7-11(9)20-12-8(19-7)4-2-6-10(12)22(16,17)18;;;;;;;;/h1-2,5-6H,(H,13,14,15)(H,16,17,18);4*1H3;;;;. The molecular weight excluding hydrogens is 660 g/mol. The maximum atomic E-state index is 12.8. The quantitative estimate of drug-likeness (QED) is 0.308. The van der Waals surface area contributed by atoms with Crippen molar-refractivity contribution in [3.8, 4) is 23.0 Å². The Morgan fingerprint density at radius 3 is 1.20 bits per heavy atom. The van der Waals surface area contributed by atoms with Crippen molar-refractivity contribution in [3.05, 3.63) is 24.3 Å². The van der Waals surface area contributed by atoms with Gasteiger partial charge in [-0.15, -0.1) is 0 Å². The van der Waals surface area contributed by atoms with Gasteiger partial charge in [0, 0.05) is 0 Å². The van der Waals surface area contributed by atoms with Crippen LogP contribution in [-0.4, -0.2) is 63.5 Å². The number of benzene rings is 2. The molecule has 3 rings (SSSR count). The first kappa shape index (κ1) is 23.8. The number of fused-ring (bicyclic) bond motifs is 2. The first-order valence-corrected chi connectivity index (χ1v) is 25.9. The molecule has 0 fully saturated rings. The second kappa shape index (κ2) is 7.32. The summed E-state index contributed by atoms with van der Waals surface area (Å²) in [7, 11) is -9.68. The monoisotopic (exact) mass is 676 g/mol. The van der Waals surface area contributed by atoms with Crippen molar-refractivity contribution in [2.75, 3.05) is 0 Å². The molecule has 14 heteroatoms. The van der Waals surface area contributed by atoms with Crippen molar-refractivity contribution in [1.82, 2.24) is 0 Å². The Kier molecular flexibility index (Phi) is 5.79. The van der Waals surface area contributed by atoms with E-state index in [0.29, 0.717) is 0 Å². The average molecular weight is 678 g/mol. The van der Waals surface area contributed by atoms with Gasteiger partial charge in [-0.1, -0.05) is 0 Å². The molecule has 0 unspecified atom stereocenters. The third-order valence-corrected chi connectivity index (χ3v) is 14.6. The van der Waals surface area contributed by atoms with Crippen LogP contribution in [-0.2, 0) is 26.3 Å². The summed E-state index contributed by atoms with van der Waals surface area (Å²) in [6.07, 6.45) is 0. The normalized spacial score (nSPS) is 14.3. The molecule has 0 saturated carbocycles. The van der Waals surface area contributed by atoms with Crippen LogP contribution in [0.3, 0.4) is 0 Å². The maximum absolute atomic E-state index is 12.8. The predicted octanol–water partition coefficient (Wildman–Crippen LogP) is 1.76. The van der Waals surface area contributed by atoms with Crippen molar-refractivity contribution in [2.24, 2.45) is 0 Å². The van der Waals surface area contributed by atoms with Gasteiger partial charge in [-0.2, -0.15) is 0 Å². The van der Waals surface area contributed by atoms with Crippen molar-refractivity contribution in [2.45, 2.75) is 29.3 Å². The predicted molar refractivity (Wildman–Crippen MR) is 108 cm³/mol. The molecule has 2 aromatic carbocycles. The van der Waals surface area contributed by atoms with E-state index in [1.807, 2.05) is 0 Å². The first-order valence-electron chi connectivity index (χ1n) is 8.18. The molecule has 2 aromatic rings. The van der Waals surface area contributed by atoms with E-state index in [-0.39, 0.29) is 18.5 Å². The van der Waals surface area contributed by atoms with Crippen molar-refractivity contribution in [3.63, 3.8) is 0 Å². The molecule has 0 saturated heterocycles. The molecule has 30 heavy (non-hydrogen) atoms. The second-order valence-electron chi connectivity index (χ2n) is 7.34. The van der Waals surface area contributed by atoms with Crippen molar-refractivity contribution in [1.29, 1.82) is 0 Å². The SMILES string of the molecule is [CH3][Sb]([CH3])(=[O])[c]1ccc(S(=O)(=O)O)c2c1Oc1[c]([Sb]([CH3])([CH3])=[O])ccc(S(=O)(=O)O)c1O2. The third kappa shape index (κ3) is 4.35. The molecule has 0 aromatic heterocycles. The summed E-state index contributed by atoms with van der Waals surface area (Å²) < 4.78 is 104. The minimum atomic E-state index is -4.84. The van der Waals surface area contributed by atoms with E-state index in [1.165, 1.54) is 31.6 Å². The van der Waals surface area contributed by atoms with Crippen LogP contribution in [0.15, 0.2) is 34.1 Å². The van der Waals surface area contributed by atoms with Gasteiger partial charge in [0.15, 0.2) is 0 Å². The van der Waals surface area contributed by atoms with E-state index in [0.717, 1.165) is 12.1 Å². The van der Waals surface area contributed by atoms with Crippen LogP contribution in [0, 0.1) is 0 Å². The zero-order valence-corrected chi connectivity index (χ0v) is 22.9. The van der Waals surface area contributed by atoms with Gasteiger partial charge in [0.25, 0.3) is 0 Å². The van der Waals surface area contributed by atoms with Gasteiger partial charge in [0.1, 0.15) is 0 Å². The zero-order valence-electron chi connectivity index (χ0n) is 16.2. The summed E-state index contributed by atoms with van der Waals surface area (Å²) in [6.45, 7) is 0. The van der Waals surface area contributed by atoms with Crippen LogP contribution in [0.5, 0.6) is 23.0 Å². The van der Waals surface area contributed by atoms with Gasteiger partial charge in [-0.3, -0.25) is 0 Å². The molecule has 0 bridgehead atoms. The van der Waals surface area contributed by atoms with E-state index in [4.69, 9.17) is 9.47 Å². The summed E-state index contributed by atoms with van der Waals surface area (Å²) in [6, 6.07) is 4.40. The zero-order chi connectivity index (χ0) is 22.9. The van der Waals surface area contributed by atoms with Gasteiger partial charge in [-0.05, 0) is 0 Å². The number of hydrogen-bond acceptors (Lipinski definition) is 8. The van der Waals surface area contributed by atoms with Crippen LogP contribution in [0.25, 0.3) is 0 Å². The van der Waals surface area contributed by atoms with Crippen LogP contribution >= 0.6 is 0 Å². The van der Waals surface area contributed by atoms with E-state index < -0.39 is 79.1 Å². The van der Waals surface area contributed by atoms with Crippen LogP contribution in [0.2, 0.25) is 19.5 Å². The first-order chi connectivity index (χ1) is 13.4. The van der Waals surface area contributed by atoms with Crippen LogP contribution < -0.4 is 16.5 Å². The molecule has 0 spiro atoms. The molecule has 0 amide bonds. The molecule has 164 valence electrons. The fraction of sp³-hybridized carbons (Fsp3) is 0.250. The van der Waals surface area contributed by atoms with Gasteiger partial charge in [-0.25, -0.2) is 0 Å². The second-order valence-corrected chi connectivity index (χ2v) is 28.3. The van der Waals surface area contributed by atoms with Crippen LogP contribution in [0.1, 0.15) is 0 Å². The van der Waals surface area contributed by atoms with E-state index in [9.17, 15) is 32.0 Å². The van der Waals surface area contributed by atoms with E-state index in [1.54, 1.807) is 0 Å². The third-order valence-electron chi connectivity index (χ3n) is 4.23. The molecule has 1 aliphatic heterocycles. The van der Waals surface area contributed by atoms with Gasteiger partial charge < -0.3 is 0 Å². The molecular formula is C16H18O10S2Sb2. The molecule has 1 aliphatic rings. The summed E-state index contributed by atoms with van der Waals surface area (Å²) in [5.74, 6) is -1.68. The summed E-state index contributed by atoms with van der Waals surface area (Å²) in [4.78, 5) is 4.43. The number of rotatable bonds is 4. The molecule has 0 atom stereocenters. The van der Waals surface area contributed by atoms with Crippen molar-refractivity contribution >= 4 is 64.8 Å². The van der Waals surface area contributed by atoms with E-state index >= 15 is 0 Å². The molecule has 0 radical (unpaired) electrons. The average Bonchev–Trinajstić information content (AvgIpc) is 2.54. The summed E-state index contributed by atoms with van der Waals surface area (Å²) in [5.41, 5.74) is 0. The molecule has 2 N–H and O–H groups in total. The molecule has 10 nitrogen and oxygen atoms in total. The summed E-state index contributed by atoms with van der Waals surface area (Å²) >= 11 is -8.17. The van der Waals surface area contributed by atoms with Gasteiger partial charge in [0.05, 0.1) is 0 Å². The molecule has 1 heterocycles. The van der Waals surface area contributed by atoms with Gasteiger partial charge >= 0.3 is 183 Å². The molecule has 0 aliphatic carbocycles. The van der Waals surface area contributed by atoms with E-state index in [2.05, 4.69) is 0 Å². The number of hydrogen-bond donors (Lipinski definition) is 2. The fourth-order valence-corrected chi connectivity index (χ4v) is 10.2. The Morgan fingerprint density at radius 2 is 0.933 bits per heavy atom.